The highest BCUT2D eigenvalue weighted by molar-refractivity contribution is 5.17. The predicted molar refractivity (Wildman–Crippen MR) is 70.3 cm³/mol. The first-order chi connectivity index (χ1) is 8.79. The molecular weight excluding hydrogens is 226 g/mol. The Labute approximate surface area is 107 Å². The molecule has 0 aliphatic heterocycles. The first-order valence-corrected chi connectivity index (χ1v) is 5.93. The fourth-order valence-electron chi connectivity index (χ4n) is 1.68. The summed E-state index contributed by atoms with van der Waals surface area (Å²) in [6.45, 7) is 2.81. The average Bonchev–Trinajstić information content (AvgIpc) is 2.46. The average molecular weight is 243 g/mol. The highest BCUT2D eigenvalue weighted by atomic mass is 16.5. The first-order valence-electron chi connectivity index (χ1n) is 5.93. The van der Waals surface area contributed by atoms with Gasteiger partial charge in [0.25, 0.3) is 0 Å². The molecule has 2 heterocycles. The molecule has 94 valence electrons. The first kappa shape index (κ1) is 12.5. The summed E-state index contributed by atoms with van der Waals surface area (Å²) in [5.74, 6) is 0.642. The summed E-state index contributed by atoms with van der Waals surface area (Å²) in [6, 6.07) is 10.0. The highest BCUT2D eigenvalue weighted by Gasteiger charge is 2.05. The lowest BCUT2D eigenvalue weighted by Crippen LogP contribution is -2.18. The van der Waals surface area contributed by atoms with Crippen LogP contribution in [0.25, 0.3) is 0 Å². The second-order valence-corrected chi connectivity index (χ2v) is 4.06. The summed E-state index contributed by atoms with van der Waals surface area (Å²) in [4.78, 5) is 8.47. The number of rotatable bonds is 5. The van der Waals surface area contributed by atoms with E-state index in [1.807, 2.05) is 30.5 Å². The van der Waals surface area contributed by atoms with Gasteiger partial charge >= 0.3 is 0 Å². The van der Waals surface area contributed by atoms with Crippen molar-refractivity contribution in [3.05, 3.63) is 54.0 Å². The second kappa shape index (κ2) is 6.12. The Morgan fingerprint density at radius 2 is 2.17 bits per heavy atom. The monoisotopic (exact) mass is 243 g/mol. The molecule has 0 amide bonds. The lowest BCUT2D eigenvalue weighted by atomic mass is 10.1. The maximum absolute atomic E-state index is 5.10. The lowest BCUT2D eigenvalue weighted by molar-refractivity contribution is 0.395. The van der Waals surface area contributed by atoms with Gasteiger partial charge in [-0.3, -0.25) is 4.98 Å². The summed E-state index contributed by atoms with van der Waals surface area (Å²) in [5, 5.41) is 3.41. The fourth-order valence-corrected chi connectivity index (χ4v) is 1.68. The van der Waals surface area contributed by atoms with Crippen LogP contribution in [0.3, 0.4) is 0 Å². The molecule has 4 nitrogen and oxygen atoms in total. The van der Waals surface area contributed by atoms with Crippen LogP contribution in [0.5, 0.6) is 5.88 Å². The van der Waals surface area contributed by atoms with Crippen LogP contribution >= 0.6 is 0 Å². The molecule has 0 bridgehead atoms. The molecule has 0 aliphatic rings. The van der Waals surface area contributed by atoms with Gasteiger partial charge in [0.15, 0.2) is 0 Å². The molecule has 0 saturated carbocycles. The van der Waals surface area contributed by atoms with Gasteiger partial charge in [0.05, 0.1) is 12.8 Å². The summed E-state index contributed by atoms with van der Waals surface area (Å²) in [7, 11) is 1.62. The van der Waals surface area contributed by atoms with Crippen LogP contribution in [0.4, 0.5) is 0 Å². The van der Waals surface area contributed by atoms with Crippen LogP contribution in [0.1, 0.15) is 24.2 Å². The van der Waals surface area contributed by atoms with E-state index in [9.17, 15) is 0 Å². The quantitative estimate of drug-likeness (QED) is 0.875. The molecule has 1 atom stereocenters. The molecule has 2 aromatic rings. The number of hydrogen-bond acceptors (Lipinski definition) is 4. The molecular formula is C14H17N3O. The zero-order valence-electron chi connectivity index (χ0n) is 10.6. The smallest absolute Gasteiger partial charge is 0.213 e. The Hall–Kier alpha value is -1.94. The molecule has 1 N–H and O–H groups in total. The van der Waals surface area contributed by atoms with Crippen molar-refractivity contribution in [1.82, 2.24) is 15.3 Å². The number of pyridine rings is 2. The molecule has 0 fully saturated rings. The van der Waals surface area contributed by atoms with Crippen LogP contribution in [-0.4, -0.2) is 17.1 Å². The SMILES string of the molecule is COc1cccc(CNC(C)c2cccnc2)n1. The number of methoxy groups -OCH3 is 1. The molecule has 0 saturated heterocycles. The van der Waals surface area contributed by atoms with Gasteiger partial charge in [0, 0.05) is 31.0 Å². The zero-order valence-corrected chi connectivity index (χ0v) is 10.6. The summed E-state index contributed by atoms with van der Waals surface area (Å²) >= 11 is 0. The minimum atomic E-state index is 0.242. The Morgan fingerprint density at radius 1 is 1.28 bits per heavy atom. The number of nitrogens with zero attached hydrogens (tertiary/aromatic N) is 2. The largest absolute Gasteiger partial charge is 0.481 e. The van der Waals surface area contributed by atoms with Crippen molar-refractivity contribution in [3.63, 3.8) is 0 Å². The number of aromatic nitrogens is 2. The minimum Gasteiger partial charge on any atom is -0.481 e. The Morgan fingerprint density at radius 3 is 2.89 bits per heavy atom. The van der Waals surface area contributed by atoms with Crippen molar-refractivity contribution < 1.29 is 4.74 Å². The molecule has 2 rings (SSSR count). The van der Waals surface area contributed by atoms with Gasteiger partial charge in [-0.2, -0.15) is 0 Å². The summed E-state index contributed by atoms with van der Waals surface area (Å²) in [6.07, 6.45) is 3.65. The van der Waals surface area contributed by atoms with E-state index in [4.69, 9.17) is 4.74 Å². The third kappa shape index (κ3) is 3.28. The Balaban J connectivity index is 1.95. The number of nitrogens with one attached hydrogen (secondary N) is 1. The van der Waals surface area contributed by atoms with Crippen LogP contribution in [0, 0.1) is 0 Å². The Bertz CT molecular complexity index is 487. The van der Waals surface area contributed by atoms with E-state index in [1.165, 1.54) is 5.56 Å². The van der Waals surface area contributed by atoms with Crippen LogP contribution in [0.2, 0.25) is 0 Å². The maximum atomic E-state index is 5.10. The highest BCUT2D eigenvalue weighted by Crippen LogP contribution is 2.11. The van der Waals surface area contributed by atoms with Gasteiger partial charge in [-0.1, -0.05) is 12.1 Å². The molecule has 4 heteroatoms. The summed E-state index contributed by atoms with van der Waals surface area (Å²) in [5.41, 5.74) is 2.13. The van der Waals surface area contributed by atoms with Crippen molar-refractivity contribution in [2.45, 2.75) is 19.5 Å². The maximum Gasteiger partial charge on any atom is 0.213 e. The van der Waals surface area contributed by atoms with Gasteiger partial charge in [-0.05, 0) is 24.6 Å². The molecule has 2 aromatic heterocycles. The standard InChI is InChI=1S/C14H17N3O/c1-11(12-5-4-8-15-9-12)16-10-13-6-3-7-14(17-13)18-2/h3-9,11,16H,10H2,1-2H3. The van der Waals surface area contributed by atoms with E-state index in [2.05, 4.69) is 28.3 Å². The van der Waals surface area contributed by atoms with Crippen LogP contribution in [-0.2, 0) is 6.54 Å². The van der Waals surface area contributed by atoms with Gasteiger partial charge in [-0.25, -0.2) is 4.98 Å². The van der Waals surface area contributed by atoms with E-state index in [-0.39, 0.29) is 6.04 Å². The van der Waals surface area contributed by atoms with Gasteiger partial charge in [-0.15, -0.1) is 0 Å². The minimum absolute atomic E-state index is 0.242. The Kier molecular flexibility index (Phi) is 4.25. The van der Waals surface area contributed by atoms with Crippen molar-refractivity contribution in [2.75, 3.05) is 7.11 Å². The van der Waals surface area contributed by atoms with Gasteiger partial charge in [0.1, 0.15) is 0 Å². The molecule has 0 aromatic carbocycles. The molecule has 18 heavy (non-hydrogen) atoms. The van der Waals surface area contributed by atoms with E-state index < -0.39 is 0 Å². The normalized spacial score (nSPS) is 12.1. The third-order valence-electron chi connectivity index (χ3n) is 2.76. The molecule has 0 spiro atoms. The van der Waals surface area contributed by atoms with Gasteiger partial charge < -0.3 is 10.1 Å². The van der Waals surface area contributed by atoms with E-state index in [1.54, 1.807) is 13.3 Å². The fraction of sp³-hybridized carbons (Fsp3) is 0.286. The topological polar surface area (TPSA) is 47.0 Å². The molecule has 0 aliphatic carbocycles. The number of ether oxygens (including phenoxy) is 1. The van der Waals surface area contributed by atoms with E-state index in [0.29, 0.717) is 12.4 Å². The van der Waals surface area contributed by atoms with Crippen molar-refractivity contribution in [1.29, 1.82) is 0 Å². The summed E-state index contributed by atoms with van der Waals surface area (Å²) < 4.78 is 5.10. The predicted octanol–water partition coefficient (Wildman–Crippen LogP) is 2.34. The third-order valence-corrected chi connectivity index (χ3v) is 2.76. The van der Waals surface area contributed by atoms with E-state index in [0.717, 1.165) is 5.69 Å². The van der Waals surface area contributed by atoms with Crippen LogP contribution < -0.4 is 10.1 Å². The lowest BCUT2D eigenvalue weighted by Gasteiger charge is -2.13. The molecule has 1 unspecified atom stereocenters. The van der Waals surface area contributed by atoms with Crippen molar-refractivity contribution in [2.24, 2.45) is 0 Å². The van der Waals surface area contributed by atoms with Gasteiger partial charge in [0.2, 0.25) is 5.88 Å². The molecule has 0 radical (unpaired) electrons. The van der Waals surface area contributed by atoms with Crippen molar-refractivity contribution in [3.8, 4) is 5.88 Å². The van der Waals surface area contributed by atoms with Crippen LogP contribution in [0.15, 0.2) is 42.7 Å². The number of hydrogen-bond donors (Lipinski definition) is 1. The zero-order chi connectivity index (χ0) is 12.8. The van der Waals surface area contributed by atoms with Crippen molar-refractivity contribution >= 4 is 0 Å². The second-order valence-electron chi connectivity index (χ2n) is 4.06. The van der Waals surface area contributed by atoms with E-state index >= 15 is 0 Å².